The number of fused-ring (bicyclic) bond motifs is 1. The van der Waals surface area contributed by atoms with E-state index in [-0.39, 0.29) is 12.0 Å². The highest BCUT2D eigenvalue weighted by molar-refractivity contribution is 5.83. The number of benzene rings is 1. The number of hydrogen-bond donors (Lipinski definition) is 2. The predicted octanol–water partition coefficient (Wildman–Crippen LogP) is 0.778. The monoisotopic (exact) mass is 192 g/mol. The maximum atomic E-state index is 11.3. The molecule has 0 spiro atoms. The van der Waals surface area contributed by atoms with Gasteiger partial charge in [-0.05, 0) is 17.7 Å². The van der Waals surface area contributed by atoms with Crippen molar-refractivity contribution in [2.45, 2.75) is 12.5 Å². The number of hydrogen-bond acceptors (Lipinski definition) is 4. The molecule has 3 N–H and O–H groups in total. The van der Waals surface area contributed by atoms with Crippen LogP contribution in [0.4, 0.5) is 11.4 Å². The van der Waals surface area contributed by atoms with Crippen molar-refractivity contribution in [1.29, 1.82) is 0 Å². The molecular weight excluding hydrogens is 180 g/mol. The Morgan fingerprint density at radius 3 is 3.14 bits per heavy atom. The molecule has 1 aromatic rings. The van der Waals surface area contributed by atoms with Crippen molar-refractivity contribution in [3.05, 3.63) is 23.8 Å². The topological polar surface area (TPSA) is 64.3 Å². The van der Waals surface area contributed by atoms with Gasteiger partial charge in [-0.3, -0.25) is 0 Å². The molecule has 2 rings (SSSR count). The number of methoxy groups -OCH3 is 1. The molecule has 0 fully saturated rings. The molecule has 0 bridgehead atoms. The molecule has 1 heterocycles. The lowest BCUT2D eigenvalue weighted by Crippen LogP contribution is -2.27. The van der Waals surface area contributed by atoms with Crippen LogP contribution in [0, 0.1) is 0 Å². The Hall–Kier alpha value is -1.71. The van der Waals surface area contributed by atoms with E-state index >= 15 is 0 Å². The van der Waals surface area contributed by atoms with Crippen LogP contribution in [0.25, 0.3) is 0 Å². The van der Waals surface area contributed by atoms with E-state index in [2.05, 4.69) is 10.1 Å². The van der Waals surface area contributed by atoms with Crippen molar-refractivity contribution in [2.75, 3.05) is 18.2 Å². The minimum Gasteiger partial charge on any atom is -0.467 e. The Labute approximate surface area is 82.1 Å². The Kier molecular flexibility index (Phi) is 2.04. The SMILES string of the molecule is COC(=O)[C@@H]1Cc2ccc(N)cc2N1. The number of anilines is 2. The van der Waals surface area contributed by atoms with Crippen molar-refractivity contribution in [3.63, 3.8) is 0 Å². The third kappa shape index (κ3) is 1.39. The normalized spacial score (nSPS) is 18.5. The number of nitrogens with one attached hydrogen (secondary N) is 1. The molecule has 0 unspecified atom stereocenters. The van der Waals surface area contributed by atoms with Gasteiger partial charge in [0.2, 0.25) is 0 Å². The van der Waals surface area contributed by atoms with Crippen LogP contribution in [0.3, 0.4) is 0 Å². The van der Waals surface area contributed by atoms with Gasteiger partial charge in [-0.1, -0.05) is 6.07 Å². The zero-order valence-electron chi connectivity index (χ0n) is 7.91. The maximum absolute atomic E-state index is 11.3. The first-order valence-electron chi connectivity index (χ1n) is 4.43. The summed E-state index contributed by atoms with van der Waals surface area (Å²) in [6.07, 6.45) is 0.669. The van der Waals surface area contributed by atoms with Crippen LogP contribution in [-0.4, -0.2) is 19.1 Å². The number of carbonyl (C=O) groups is 1. The first-order valence-corrected chi connectivity index (χ1v) is 4.43. The van der Waals surface area contributed by atoms with Crippen LogP contribution in [0.1, 0.15) is 5.56 Å². The molecule has 74 valence electrons. The molecule has 0 amide bonds. The lowest BCUT2D eigenvalue weighted by molar-refractivity contribution is -0.141. The standard InChI is InChI=1S/C10H12N2O2/c1-14-10(13)9-4-6-2-3-7(11)5-8(6)12-9/h2-3,5,9,12H,4,11H2,1H3/t9-/m0/s1. The summed E-state index contributed by atoms with van der Waals surface area (Å²) in [5, 5.41) is 3.07. The summed E-state index contributed by atoms with van der Waals surface area (Å²) in [6, 6.07) is 5.33. The molecule has 0 saturated carbocycles. The molecule has 0 aromatic heterocycles. The van der Waals surface area contributed by atoms with E-state index in [9.17, 15) is 4.79 Å². The van der Waals surface area contributed by atoms with Crippen LogP contribution in [0.2, 0.25) is 0 Å². The fraction of sp³-hybridized carbons (Fsp3) is 0.300. The average molecular weight is 192 g/mol. The van der Waals surface area contributed by atoms with Crippen molar-refractivity contribution in [2.24, 2.45) is 0 Å². The summed E-state index contributed by atoms with van der Waals surface area (Å²) in [7, 11) is 1.39. The van der Waals surface area contributed by atoms with Crippen molar-refractivity contribution < 1.29 is 9.53 Å². The lowest BCUT2D eigenvalue weighted by atomic mass is 10.1. The van der Waals surface area contributed by atoms with Crippen LogP contribution in [0.5, 0.6) is 0 Å². The van der Waals surface area contributed by atoms with E-state index in [0.717, 1.165) is 11.3 Å². The van der Waals surface area contributed by atoms with Crippen LogP contribution in [-0.2, 0) is 16.0 Å². The third-order valence-corrected chi connectivity index (χ3v) is 2.37. The second kappa shape index (κ2) is 3.21. The minimum absolute atomic E-state index is 0.236. The molecule has 4 nitrogen and oxygen atoms in total. The summed E-state index contributed by atoms with van der Waals surface area (Å²) < 4.78 is 4.66. The molecule has 0 radical (unpaired) electrons. The zero-order chi connectivity index (χ0) is 10.1. The van der Waals surface area contributed by atoms with Gasteiger partial charge in [0.1, 0.15) is 6.04 Å². The Morgan fingerprint density at radius 2 is 2.43 bits per heavy atom. The first kappa shape index (κ1) is 8.87. The second-order valence-corrected chi connectivity index (χ2v) is 3.34. The van der Waals surface area contributed by atoms with Crippen LogP contribution in [0.15, 0.2) is 18.2 Å². The van der Waals surface area contributed by atoms with Gasteiger partial charge in [-0.25, -0.2) is 4.79 Å². The lowest BCUT2D eigenvalue weighted by Gasteiger charge is -2.07. The molecule has 1 aromatic carbocycles. The van der Waals surface area contributed by atoms with Gasteiger partial charge in [0.25, 0.3) is 0 Å². The summed E-state index contributed by atoms with van der Waals surface area (Å²) in [5.41, 5.74) is 8.36. The Bertz CT molecular complexity index is 376. The molecule has 4 heteroatoms. The average Bonchev–Trinajstić information content (AvgIpc) is 2.59. The van der Waals surface area contributed by atoms with Gasteiger partial charge in [-0.2, -0.15) is 0 Å². The first-order chi connectivity index (χ1) is 6.70. The number of ether oxygens (including phenoxy) is 1. The molecule has 1 aliphatic rings. The molecular formula is C10H12N2O2. The van der Waals surface area contributed by atoms with Gasteiger partial charge >= 0.3 is 5.97 Å². The minimum atomic E-state index is -0.267. The maximum Gasteiger partial charge on any atom is 0.328 e. The number of rotatable bonds is 1. The summed E-state index contributed by atoms with van der Waals surface area (Å²) in [5.74, 6) is -0.236. The smallest absolute Gasteiger partial charge is 0.328 e. The van der Waals surface area contributed by atoms with Gasteiger partial charge in [0.15, 0.2) is 0 Å². The van der Waals surface area contributed by atoms with E-state index in [1.54, 1.807) is 0 Å². The predicted molar refractivity (Wildman–Crippen MR) is 54.0 cm³/mol. The summed E-state index contributed by atoms with van der Waals surface area (Å²) >= 11 is 0. The Morgan fingerprint density at radius 1 is 1.64 bits per heavy atom. The van der Waals surface area contributed by atoms with E-state index in [4.69, 9.17) is 5.73 Å². The van der Waals surface area contributed by atoms with Gasteiger partial charge < -0.3 is 15.8 Å². The number of nitrogen functional groups attached to an aromatic ring is 1. The van der Waals surface area contributed by atoms with Crippen LogP contribution < -0.4 is 11.1 Å². The van der Waals surface area contributed by atoms with Crippen molar-refractivity contribution in [3.8, 4) is 0 Å². The molecule has 1 aliphatic heterocycles. The molecule has 0 saturated heterocycles. The summed E-state index contributed by atoms with van der Waals surface area (Å²) in [4.78, 5) is 11.3. The highest BCUT2D eigenvalue weighted by atomic mass is 16.5. The number of esters is 1. The fourth-order valence-electron chi connectivity index (χ4n) is 1.65. The quantitative estimate of drug-likeness (QED) is 0.509. The highest BCUT2D eigenvalue weighted by Gasteiger charge is 2.27. The second-order valence-electron chi connectivity index (χ2n) is 3.34. The van der Waals surface area contributed by atoms with Crippen molar-refractivity contribution in [1.82, 2.24) is 0 Å². The van der Waals surface area contributed by atoms with E-state index in [0.29, 0.717) is 12.1 Å². The molecule has 1 atom stereocenters. The van der Waals surface area contributed by atoms with E-state index < -0.39 is 0 Å². The van der Waals surface area contributed by atoms with E-state index in [1.807, 2.05) is 18.2 Å². The summed E-state index contributed by atoms with van der Waals surface area (Å²) in [6.45, 7) is 0. The van der Waals surface area contributed by atoms with Crippen LogP contribution >= 0.6 is 0 Å². The van der Waals surface area contributed by atoms with Gasteiger partial charge in [-0.15, -0.1) is 0 Å². The van der Waals surface area contributed by atoms with Gasteiger partial charge in [0.05, 0.1) is 7.11 Å². The largest absolute Gasteiger partial charge is 0.467 e. The number of nitrogens with two attached hydrogens (primary N) is 1. The van der Waals surface area contributed by atoms with Gasteiger partial charge in [0, 0.05) is 17.8 Å². The zero-order valence-corrected chi connectivity index (χ0v) is 7.91. The fourth-order valence-corrected chi connectivity index (χ4v) is 1.65. The third-order valence-electron chi connectivity index (χ3n) is 2.37. The number of carbonyl (C=O) groups excluding carboxylic acids is 1. The highest BCUT2D eigenvalue weighted by Crippen LogP contribution is 2.27. The molecule has 0 aliphatic carbocycles. The van der Waals surface area contributed by atoms with E-state index in [1.165, 1.54) is 7.11 Å². The molecule has 14 heavy (non-hydrogen) atoms. The van der Waals surface area contributed by atoms with Crippen molar-refractivity contribution >= 4 is 17.3 Å². The Balaban J connectivity index is 2.22.